The van der Waals surface area contributed by atoms with Crippen molar-refractivity contribution in [2.45, 2.75) is 85.7 Å². The summed E-state index contributed by atoms with van der Waals surface area (Å²) in [5.74, 6) is -1.99. The van der Waals surface area contributed by atoms with E-state index < -0.39 is 53.1 Å². The van der Waals surface area contributed by atoms with Crippen molar-refractivity contribution < 1.29 is 33.6 Å². The van der Waals surface area contributed by atoms with Gasteiger partial charge < -0.3 is 30.7 Å². The van der Waals surface area contributed by atoms with Gasteiger partial charge in [-0.05, 0) is 57.1 Å². The fourth-order valence-corrected chi connectivity index (χ4v) is 5.49. The van der Waals surface area contributed by atoms with Gasteiger partial charge in [-0.3, -0.25) is 4.79 Å². The van der Waals surface area contributed by atoms with Gasteiger partial charge in [0.2, 0.25) is 5.91 Å². The number of rotatable bonds is 10. The van der Waals surface area contributed by atoms with E-state index in [1.54, 1.807) is 13.2 Å². The van der Waals surface area contributed by atoms with Crippen LogP contribution in [0.4, 0.5) is 8.78 Å². The molecule has 2 fully saturated rings. The Hall–Kier alpha value is 0.120. The standard InChI is InChI=1S/C19H33ClF2N2O5S2/c1-9(20)12(16-14(26)13(25)15(27)18(29-16)30-2)24-17(28)11-8-10(5-6-23-11)4-3-7-31-19(21)22/h9-16,18-19,23,25-27H,3-8H2,1-2H3,(H,24,28)/t9-,10+,11-,12+,13-,14+,15+,16+,18+/m0/s1. The molecule has 5 N–H and O–H groups in total. The molecule has 12 heteroatoms. The van der Waals surface area contributed by atoms with Crippen LogP contribution in [0.2, 0.25) is 0 Å². The van der Waals surface area contributed by atoms with Crippen LogP contribution in [-0.2, 0) is 9.53 Å². The van der Waals surface area contributed by atoms with E-state index >= 15 is 0 Å². The zero-order chi connectivity index (χ0) is 23.1. The second-order valence-corrected chi connectivity index (χ2v) is 10.8. The predicted molar refractivity (Wildman–Crippen MR) is 120 cm³/mol. The highest BCUT2D eigenvalue weighted by molar-refractivity contribution is 7.99. The lowest BCUT2D eigenvalue weighted by Gasteiger charge is -2.44. The van der Waals surface area contributed by atoms with Crippen molar-refractivity contribution in [3.63, 3.8) is 0 Å². The van der Waals surface area contributed by atoms with Crippen LogP contribution in [0.25, 0.3) is 0 Å². The lowest BCUT2D eigenvalue weighted by molar-refractivity contribution is -0.205. The molecule has 0 aliphatic carbocycles. The van der Waals surface area contributed by atoms with E-state index in [-0.39, 0.29) is 11.8 Å². The molecule has 0 aromatic heterocycles. The van der Waals surface area contributed by atoms with Gasteiger partial charge in [0, 0.05) is 0 Å². The van der Waals surface area contributed by atoms with E-state index in [0.717, 1.165) is 12.8 Å². The van der Waals surface area contributed by atoms with E-state index in [2.05, 4.69) is 10.6 Å². The number of hydrogen-bond donors (Lipinski definition) is 5. The van der Waals surface area contributed by atoms with E-state index in [4.69, 9.17) is 16.3 Å². The lowest BCUT2D eigenvalue weighted by atomic mass is 9.88. The molecule has 2 aliphatic heterocycles. The topological polar surface area (TPSA) is 111 Å². The molecule has 182 valence electrons. The first-order valence-electron chi connectivity index (χ1n) is 10.5. The number of carbonyl (C=O) groups excluding carboxylic acids is 1. The van der Waals surface area contributed by atoms with Crippen LogP contribution in [-0.4, -0.2) is 92.9 Å². The predicted octanol–water partition coefficient (Wildman–Crippen LogP) is 1.37. The summed E-state index contributed by atoms with van der Waals surface area (Å²) in [6.07, 6.45) is -0.458. The Kier molecular flexibility index (Phi) is 11.6. The van der Waals surface area contributed by atoms with E-state index in [1.165, 1.54) is 11.8 Å². The molecule has 2 rings (SSSR count). The Morgan fingerprint density at radius 1 is 1.29 bits per heavy atom. The molecule has 2 heterocycles. The maximum atomic E-state index is 12.9. The van der Waals surface area contributed by atoms with Gasteiger partial charge in [-0.2, -0.15) is 8.78 Å². The summed E-state index contributed by atoms with van der Waals surface area (Å²) in [5.41, 5.74) is -0.762. The van der Waals surface area contributed by atoms with Gasteiger partial charge in [-0.15, -0.1) is 23.4 Å². The maximum absolute atomic E-state index is 12.9. The summed E-state index contributed by atoms with van der Waals surface area (Å²) >= 11 is 8.13. The molecule has 0 bridgehead atoms. The SMILES string of the molecule is CS[C@H]1O[C@H]([C@H](NC(=O)[C@@H]2C[C@H](CCCSC(F)F)CCN2)[C@H](C)Cl)[C@H](O)[C@H](O)[C@H]1O. The van der Waals surface area contributed by atoms with Crippen LogP contribution >= 0.6 is 35.1 Å². The highest BCUT2D eigenvalue weighted by Gasteiger charge is 2.48. The van der Waals surface area contributed by atoms with Crippen LogP contribution in [0, 0.1) is 5.92 Å². The Balaban J connectivity index is 1.95. The monoisotopic (exact) mass is 506 g/mol. The first-order valence-corrected chi connectivity index (χ1v) is 13.2. The molecular formula is C19H33ClF2N2O5S2. The number of carbonyl (C=O) groups is 1. The average molecular weight is 507 g/mol. The third-order valence-electron chi connectivity index (χ3n) is 5.83. The molecule has 0 radical (unpaired) electrons. The van der Waals surface area contributed by atoms with Gasteiger partial charge in [-0.25, -0.2) is 0 Å². The molecule has 2 saturated heterocycles. The summed E-state index contributed by atoms with van der Waals surface area (Å²) in [7, 11) is 0. The van der Waals surface area contributed by atoms with Gasteiger partial charge in [0.25, 0.3) is 5.76 Å². The van der Waals surface area contributed by atoms with E-state index in [9.17, 15) is 28.9 Å². The molecule has 0 aromatic carbocycles. The van der Waals surface area contributed by atoms with Crippen LogP contribution < -0.4 is 10.6 Å². The number of amides is 1. The van der Waals surface area contributed by atoms with Crippen molar-refractivity contribution in [1.29, 1.82) is 0 Å². The van der Waals surface area contributed by atoms with Gasteiger partial charge >= 0.3 is 0 Å². The number of halogens is 3. The second kappa shape index (κ2) is 13.1. The highest BCUT2D eigenvalue weighted by Crippen LogP contribution is 2.30. The van der Waals surface area contributed by atoms with Crippen LogP contribution in [0.3, 0.4) is 0 Å². The van der Waals surface area contributed by atoms with Crippen molar-refractivity contribution in [1.82, 2.24) is 10.6 Å². The molecular weight excluding hydrogens is 474 g/mol. The van der Waals surface area contributed by atoms with Gasteiger partial charge in [0.1, 0.15) is 29.9 Å². The van der Waals surface area contributed by atoms with Gasteiger partial charge in [0.05, 0.1) is 17.5 Å². The zero-order valence-corrected chi connectivity index (χ0v) is 20.0. The molecule has 0 spiro atoms. The average Bonchev–Trinajstić information content (AvgIpc) is 2.74. The first kappa shape index (κ1) is 27.4. The zero-order valence-electron chi connectivity index (χ0n) is 17.6. The maximum Gasteiger partial charge on any atom is 0.284 e. The number of nitrogens with one attached hydrogen (secondary N) is 2. The Labute approximate surface area is 195 Å². The quantitative estimate of drug-likeness (QED) is 0.223. The minimum absolute atomic E-state index is 0.261. The smallest absolute Gasteiger partial charge is 0.284 e. The number of alkyl halides is 3. The summed E-state index contributed by atoms with van der Waals surface area (Å²) in [6, 6.07) is -1.25. The largest absolute Gasteiger partial charge is 0.388 e. The summed E-state index contributed by atoms with van der Waals surface area (Å²) < 4.78 is 30.3. The van der Waals surface area contributed by atoms with Crippen LogP contribution in [0.5, 0.6) is 0 Å². The van der Waals surface area contributed by atoms with Crippen molar-refractivity contribution in [3.05, 3.63) is 0 Å². The number of ether oxygens (including phenoxy) is 1. The molecule has 2 aliphatic rings. The van der Waals surface area contributed by atoms with Gasteiger partial charge in [-0.1, -0.05) is 11.8 Å². The van der Waals surface area contributed by atoms with Gasteiger partial charge in [0.15, 0.2) is 0 Å². The molecule has 0 saturated carbocycles. The number of hydrogen-bond acceptors (Lipinski definition) is 8. The highest BCUT2D eigenvalue weighted by atomic mass is 35.5. The minimum Gasteiger partial charge on any atom is -0.388 e. The van der Waals surface area contributed by atoms with Crippen molar-refractivity contribution in [2.75, 3.05) is 18.6 Å². The summed E-state index contributed by atoms with van der Waals surface area (Å²) in [4.78, 5) is 12.9. The molecule has 0 unspecified atom stereocenters. The summed E-state index contributed by atoms with van der Waals surface area (Å²) in [5, 5.41) is 36.1. The Morgan fingerprint density at radius 2 is 2.00 bits per heavy atom. The first-order chi connectivity index (χ1) is 14.6. The van der Waals surface area contributed by atoms with E-state index in [1.807, 2.05) is 0 Å². The van der Waals surface area contributed by atoms with E-state index in [0.29, 0.717) is 36.9 Å². The fourth-order valence-electron chi connectivity index (χ4n) is 4.09. The normalized spacial score (nSPS) is 36.2. The molecule has 31 heavy (non-hydrogen) atoms. The third-order valence-corrected chi connectivity index (χ3v) is 7.73. The summed E-state index contributed by atoms with van der Waals surface area (Å²) in [6.45, 7) is 2.31. The van der Waals surface area contributed by atoms with Crippen LogP contribution in [0.1, 0.15) is 32.6 Å². The Bertz CT molecular complexity index is 567. The molecule has 1 amide bonds. The van der Waals surface area contributed by atoms with Crippen molar-refractivity contribution in [2.24, 2.45) is 5.92 Å². The lowest BCUT2D eigenvalue weighted by Crippen LogP contribution is -2.65. The fraction of sp³-hybridized carbons (Fsp3) is 0.947. The van der Waals surface area contributed by atoms with Crippen molar-refractivity contribution in [3.8, 4) is 0 Å². The number of aliphatic hydroxyl groups excluding tert-OH is 3. The molecule has 0 aromatic rings. The van der Waals surface area contributed by atoms with Crippen molar-refractivity contribution >= 4 is 41.0 Å². The minimum atomic E-state index is -2.36. The number of thioether (sulfide) groups is 2. The number of piperidine rings is 1. The number of aliphatic hydroxyl groups is 3. The second-order valence-electron chi connectivity index (χ2n) is 8.06. The molecule has 9 atom stereocenters. The molecule has 7 nitrogen and oxygen atoms in total. The Morgan fingerprint density at radius 3 is 2.61 bits per heavy atom. The van der Waals surface area contributed by atoms with Crippen LogP contribution in [0.15, 0.2) is 0 Å². The third kappa shape index (κ3) is 7.84.